The molecule has 0 aliphatic heterocycles. The Bertz CT molecular complexity index is 1030. The molecule has 0 radical (unpaired) electrons. The van der Waals surface area contributed by atoms with Crippen LogP contribution >= 0.6 is 0 Å². The number of hydrogen-bond acceptors (Lipinski definition) is 3. The van der Waals surface area contributed by atoms with Gasteiger partial charge in [-0.3, -0.25) is 9.48 Å². The van der Waals surface area contributed by atoms with Crippen LogP contribution in [0.25, 0.3) is 0 Å². The number of nitrogens with one attached hydrogen (secondary N) is 1. The number of ether oxygens (including phenoxy) is 1. The lowest BCUT2D eigenvalue weighted by Crippen LogP contribution is -2.31. The third-order valence-corrected chi connectivity index (χ3v) is 4.64. The van der Waals surface area contributed by atoms with Gasteiger partial charge in [0.1, 0.15) is 23.7 Å². The molecule has 0 bridgehead atoms. The fourth-order valence-electron chi connectivity index (χ4n) is 3.10. The monoisotopic (exact) mass is 455 g/mol. The van der Waals surface area contributed by atoms with E-state index in [1.807, 2.05) is 13.8 Å². The molecule has 172 valence electrons. The second-order valence-corrected chi connectivity index (χ2v) is 7.77. The van der Waals surface area contributed by atoms with Gasteiger partial charge in [-0.25, -0.2) is 8.78 Å². The fourth-order valence-corrected chi connectivity index (χ4v) is 3.10. The molecule has 3 rings (SSSR count). The van der Waals surface area contributed by atoms with Crippen molar-refractivity contribution >= 4 is 11.7 Å². The van der Waals surface area contributed by atoms with E-state index in [2.05, 4.69) is 10.4 Å². The summed E-state index contributed by atoms with van der Waals surface area (Å²) in [6, 6.07) is 5.03. The molecule has 1 aliphatic rings. The summed E-state index contributed by atoms with van der Waals surface area (Å²) in [5.41, 5.74) is -0.910. The number of benzene rings is 1. The SMILES string of the molecule is CC(C)COc1ccc(Cn2ccc(NC(=O)C3C(F)=CC=CC3F)n2)c(C(F)(F)F)c1. The Labute approximate surface area is 181 Å². The molecule has 0 saturated carbocycles. The van der Waals surface area contributed by atoms with Crippen LogP contribution in [0.4, 0.5) is 27.8 Å². The zero-order valence-corrected chi connectivity index (χ0v) is 17.4. The molecule has 1 aliphatic carbocycles. The predicted molar refractivity (Wildman–Crippen MR) is 108 cm³/mol. The highest BCUT2D eigenvalue weighted by Crippen LogP contribution is 2.35. The number of halogens is 5. The number of rotatable bonds is 7. The molecule has 1 aromatic heterocycles. The highest BCUT2D eigenvalue weighted by molar-refractivity contribution is 5.94. The van der Waals surface area contributed by atoms with E-state index < -0.39 is 35.6 Å². The van der Waals surface area contributed by atoms with Gasteiger partial charge in [0, 0.05) is 12.3 Å². The van der Waals surface area contributed by atoms with Gasteiger partial charge in [-0.2, -0.15) is 18.3 Å². The molecule has 10 heteroatoms. The van der Waals surface area contributed by atoms with E-state index in [1.165, 1.54) is 35.2 Å². The average Bonchev–Trinajstić information content (AvgIpc) is 3.12. The molecular weight excluding hydrogens is 433 g/mol. The molecule has 32 heavy (non-hydrogen) atoms. The first-order chi connectivity index (χ1) is 15.0. The van der Waals surface area contributed by atoms with Crippen LogP contribution in [0.2, 0.25) is 0 Å². The van der Waals surface area contributed by atoms with Gasteiger partial charge in [0.15, 0.2) is 5.82 Å². The Kier molecular flexibility index (Phi) is 7.00. The smallest absolute Gasteiger partial charge is 0.416 e. The van der Waals surface area contributed by atoms with Crippen molar-refractivity contribution in [2.24, 2.45) is 11.8 Å². The van der Waals surface area contributed by atoms with Crippen molar-refractivity contribution in [3.8, 4) is 5.75 Å². The van der Waals surface area contributed by atoms with Gasteiger partial charge in [-0.05, 0) is 35.8 Å². The molecule has 1 aromatic carbocycles. The van der Waals surface area contributed by atoms with E-state index in [4.69, 9.17) is 4.74 Å². The van der Waals surface area contributed by atoms with E-state index in [-0.39, 0.29) is 36.2 Å². The third-order valence-electron chi connectivity index (χ3n) is 4.64. The molecule has 1 amide bonds. The Morgan fingerprint density at radius 2 is 2.03 bits per heavy atom. The van der Waals surface area contributed by atoms with E-state index in [0.717, 1.165) is 18.2 Å². The van der Waals surface area contributed by atoms with Crippen LogP contribution in [0.1, 0.15) is 25.0 Å². The predicted octanol–water partition coefficient (Wildman–Crippen LogP) is 5.30. The van der Waals surface area contributed by atoms with Gasteiger partial charge >= 0.3 is 6.18 Å². The molecular formula is C22H22F5N3O2. The Balaban J connectivity index is 1.74. The minimum Gasteiger partial charge on any atom is -0.493 e. The summed E-state index contributed by atoms with van der Waals surface area (Å²) in [4.78, 5) is 12.2. The summed E-state index contributed by atoms with van der Waals surface area (Å²) >= 11 is 0. The molecule has 5 nitrogen and oxygen atoms in total. The maximum atomic E-state index is 13.9. The van der Waals surface area contributed by atoms with Crippen LogP contribution in [-0.2, 0) is 17.5 Å². The number of carbonyl (C=O) groups excluding carboxylic acids is 1. The maximum absolute atomic E-state index is 13.9. The lowest BCUT2D eigenvalue weighted by molar-refractivity contribution is -0.138. The molecule has 2 atom stereocenters. The van der Waals surface area contributed by atoms with Crippen molar-refractivity contribution in [2.45, 2.75) is 32.7 Å². The first-order valence-electron chi connectivity index (χ1n) is 9.90. The van der Waals surface area contributed by atoms with E-state index in [9.17, 15) is 26.7 Å². The molecule has 2 aromatic rings. The quantitative estimate of drug-likeness (QED) is 0.577. The normalized spacial score (nSPS) is 18.6. The minimum atomic E-state index is -4.61. The van der Waals surface area contributed by atoms with E-state index in [1.54, 1.807) is 0 Å². The van der Waals surface area contributed by atoms with E-state index in [0.29, 0.717) is 0 Å². The molecule has 1 heterocycles. The summed E-state index contributed by atoms with van der Waals surface area (Å²) in [6.45, 7) is 3.82. The second-order valence-electron chi connectivity index (χ2n) is 7.77. The van der Waals surface area contributed by atoms with Crippen molar-refractivity contribution in [1.82, 2.24) is 9.78 Å². The number of aromatic nitrogens is 2. The summed E-state index contributed by atoms with van der Waals surface area (Å²) in [6.07, 6.45) is -1.85. The molecule has 0 saturated heterocycles. The summed E-state index contributed by atoms with van der Waals surface area (Å²) in [7, 11) is 0. The number of hydrogen-bond donors (Lipinski definition) is 1. The van der Waals surface area contributed by atoms with Crippen LogP contribution in [0.5, 0.6) is 5.75 Å². The lowest BCUT2D eigenvalue weighted by Gasteiger charge is -2.18. The fraction of sp³-hybridized carbons (Fsp3) is 0.364. The number of amides is 1. The third kappa shape index (κ3) is 5.74. The highest BCUT2D eigenvalue weighted by atomic mass is 19.4. The number of allylic oxidation sites excluding steroid dienone is 3. The summed E-state index contributed by atoms with van der Waals surface area (Å²) in [5.74, 6) is -3.27. The lowest BCUT2D eigenvalue weighted by atomic mass is 9.96. The zero-order valence-electron chi connectivity index (χ0n) is 17.4. The highest BCUT2D eigenvalue weighted by Gasteiger charge is 2.35. The van der Waals surface area contributed by atoms with Gasteiger partial charge in [0.2, 0.25) is 5.91 Å². The van der Waals surface area contributed by atoms with Crippen LogP contribution in [-0.4, -0.2) is 28.5 Å². The average molecular weight is 455 g/mol. The number of nitrogens with zero attached hydrogens (tertiary/aromatic N) is 2. The first kappa shape index (κ1) is 23.5. The first-order valence-corrected chi connectivity index (χ1v) is 9.90. The van der Waals surface area contributed by atoms with Crippen LogP contribution in [0, 0.1) is 11.8 Å². The minimum absolute atomic E-state index is 0.0324. The van der Waals surface area contributed by atoms with Crippen molar-refractivity contribution in [3.63, 3.8) is 0 Å². The number of anilines is 1. The Morgan fingerprint density at radius 1 is 1.28 bits per heavy atom. The van der Waals surface area contributed by atoms with Crippen LogP contribution in [0.3, 0.4) is 0 Å². The Hall–Kier alpha value is -3.17. The molecule has 1 N–H and O–H groups in total. The Morgan fingerprint density at radius 3 is 2.69 bits per heavy atom. The van der Waals surface area contributed by atoms with Crippen molar-refractivity contribution in [1.29, 1.82) is 0 Å². The van der Waals surface area contributed by atoms with Gasteiger partial charge in [0.25, 0.3) is 0 Å². The summed E-state index contributed by atoms with van der Waals surface area (Å²) < 4.78 is 74.9. The number of alkyl halides is 4. The topological polar surface area (TPSA) is 56.1 Å². The van der Waals surface area contributed by atoms with Crippen molar-refractivity contribution < 1.29 is 31.5 Å². The van der Waals surface area contributed by atoms with E-state index >= 15 is 0 Å². The van der Waals surface area contributed by atoms with Gasteiger partial charge in [0.05, 0.1) is 18.7 Å². The second kappa shape index (κ2) is 9.54. The summed E-state index contributed by atoms with van der Waals surface area (Å²) in [5, 5.41) is 6.29. The van der Waals surface area contributed by atoms with Crippen LogP contribution in [0.15, 0.2) is 54.5 Å². The zero-order chi connectivity index (χ0) is 23.5. The molecule has 0 spiro atoms. The van der Waals surface area contributed by atoms with Gasteiger partial charge in [-0.1, -0.05) is 26.0 Å². The van der Waals surface area contributed by atoms with Crippen LogP contribution < -0.4 is 10.1 Å². The van der Waals surface area contributed by atoms with Crippen molar-refractivity contribution in [2.75, 3.05) is 11.9 Å². The largest absolute Gasteiger partial charge is 0.493 e. The van der Waals surface area contributed by atoms with Gasteiger partial charge in [-0.15, -0.1) is 0 Å². The molecule has 0 fully saturated rings. The maximum Gasteiger partial charge on any atom is 0.416 e. The number of carbonyl (C=O) groups is 1. The standard InChI is InChI=1S/C22H22F5N3O2/c1-13(2)12-32-15-7-6-14(16(10-15)22(25,26)27)11-30-9-8-19(29-30)28-21(31)20-17(23)4-3-5-18(20)24/h3-10,13,17,20H,11-12H2,1-2H3,(H,28,29,31). The van der Waals surface area contributed by atoms with Crippen molar-refractivity contribution in [3.05, 3.63) is 65.6 Å². The van der Waals surface area contributed by atoms with Gasteiger partial charge < -0.3 is 10.1 Å². The molecule has 2 unspecified atom stereocenters.